The maximum absolute atomic E-state index is 2.66. The van der Waals surface area contributed by atoms with E-state index in [1.54, 1.807) is 20.7 Å². The molecule has 4 rings (SSSR count). The SMILES string of the molecule is CN(C)Cc1ccc([Si](C)(C)CCC[Si](CCC[Si](C)(C)c2ccc(CN(C)C)cc2)(CCC[Si](C)(C)c2ccc(CN(C)C)cc2)CCC[Si](C)(C)c2ccc(CN(C)C)cc2)cc1. The van der Waals surface area contributed by atoms with E-state index in [2.05, 4.69) is 225 Å². The van der Waals surface area contributed by atoms with Crippen LogP contribution in [0.1, 0.15) is 47.9 Å². The number of hydrogen-bond donors (Lipinski definition) is 0. The van der Waals surface area contributed by atoms with Crippen molar-refractivity contribution in [2.24, 2.45) is 0 Å². The van der Waals surface area contributed by atoms with Crippen LogP contribution in [0.25, 0.3) is 0 Å². The van der Waals surface area contributed by atoms with Crippen LogP contribution in [0.3, 0.4) is 0 Å². The fraction of sp³-hybridized carbons (Fsp3) is 0.571. The van der Waals surface area contributed by atoms with E-state index in [9.17, 15) is 0 Å². The van der Waals surface area contributed by atoms with Gasteiger partial charge in [-0.05, 0) is 78.6 Å². The van der Waals surface area contributed by atoms with Crippen molar-refractivity contribution in [2.75, 3.05) is 56.4 Å². The van der Waals surface area contributed by atoms with Crippen LogP contribution in [0.2, 0.25) is 101 Å². The minimum atomic E-state index is -1.64. The van der Waals surface area contributed by atoms with Crippen molar-refractivity contribution in [1.82, 2.24) is 19.6 Å². The Balaban J connectivity index is 1.62. The van der Waals surface area contributed by atoms with Crippen molar-refractivity contribution in [2.45, 2.75) is 153 Å². The lowest BCUT2D eigenvalue weighted by Gasteiger charge is -2.37. The molecular formula is C56H96N4Si5. The molecule has 0 atom stereocenters. The molecule has 0 spiro atoms. The van der Waals surface area contributed by atoms with E-state index in [4.69, 9.17) is 0 Å². The highest BCUT2D eigenvalue weighted by atomic mass is 28.3. The summed E-state index contributed by atoms with van der Waals surface area (Å²) in [5.74, 6) is 0. The van der Waals surface area contributed by atoms with E-state index in [-0.39, 0.29) is 0 Å². The number of hydrogen-bond acceptors (Lipinski definition) is 4. The van der Waals surface area contributed by atoms with Gasteiger partial charge in [0, 0.05) is 26.2 Å². The second-order valence-electron chi connectivity index (χ2n) is 24.2. The van der Waals surface area contributed by atoms with E-state index in [0.717, 1.165) is 26.2 Å². The van der Waals surface area contributed by atoms with Crippen molar-refractivity contribution >= 4 is 61.1 Å². The van der Waals surface area contributed by atoms with Gasteiger partial charge in [0.2, 0.25) is 0 Å². The average Bonchev–Trinajstić information content (AvgIpc) is 3.20. The molecule has 0 aliphatic heterocycles. The largest absolute Gasteiger partial charge is 0.305 e. The molecule has 0 aliphatic rings. The summed E-state index contributed by atoms with van der Waals surface area (Å²) in [6, 6.07) is 51.0. The zero-order chi connectivity index (χ0) is 48.1. The van der Waals surface area contributed by atoms with Crippen LogP contribution in [0.4, 0.5) is 0 Å². The molecule has 0 N–H and O–H groups in total. The zero-order valence-corrected chi connectivity index (χ0v) is 49.8. The Morgan fingerprint density at radius 2 is 0.431 bits per heavy atom. The third-order valence-electron chi connectivity index (χ3n) is 15.0. The topological polar surface area (TPSA) is 13.0 Å². The molecule has 65 heavy (non-hydrogen) atoms. The molecule has 9 heteroatoms. The maximum Gasteiger partial charge on any atom is 0.0806 e. The van der Waals surface area contributed by atoms with Gasteiger partial charge < -0.3 is 19.6 Å². The van der Waals surface area contributed by atoms with Crippen LogP contribution in [-0.4, -0.2) is 116 Å². The molecule has 0 fully saturated rings. The Kier molecular flexibility index (Phi) is 21.2. The summed E-state index contributed by atoms with van der Waals surface area (Å²) in [6.07, 6.45) is 5.67. The van der Waals surface area contributed by atoms with Gasteiger partial charge in [-0.25, -0.2) is 0 Å². The van der Waals surface area contributed by atoms with Crippen molar-refractivity contribution in [3.8, 4) is 0 Å². The molecule has 0 radical (unpaired) electrons. The summed E-state index contributed by atoms with van der Waals surface area (Å²) < 4.78 is 0. The summed E-state index contributed by atoms with van der Waals surface area (Å²) in [6.45, 7) is 25.3. The second-order valence-corrected chi connectivity index (χ2v) is 48.6. The normalized spacial score (nSPS) is 13.2. The molecule has 0 unspecified atom stereocenters. The van der Waals surface area contributed by atoms with Crippen molar-refractivity contribution in [1.29, 1.82) is 0 Å². The zero-order valence-electron chi connectivity index (χ0n) is 44.8. The average molecular weight is 966 g/mol. The number of nitrogens with zero attached hydrogens (tertiary/aromatic N) is 4. The van der Waals surface area contributed by atoms with E-state index in [1.165, 1.54) is 96.3 Å². The van der Waals surface area contributed by atoms with Crippen LogP contribution >= 0.6 is 0 Å². The lowest BCUT2D eigenvalue weighted by molar-refractivity contribution is 0.402. The smallest absolute Gasteiger partial charge is 0.0806 e. The summed E-state index contributed by atoms with van der Waals surface area (Å²) in [7, 11) is 9.43. The predicted molar refractivity (Wildman–Crippen MR) is 306 cm³/mol. The monoisotopic (exact) mass is 965 g/mol. The molecule has 360 valence electrons. The van der Waals surface area contributed by atoms with Crippen LogP contribution in [0.15, 0.2) is 97.1 Å². The van der Waals surface area contributed by atoms with Crippen molar-refractivity contribution in [3.63, 3.8) is 0 Å². The Labute approximate surface area is 406 Å². The molecule has 0 bridgehead atoms. The highest BCUT2D eigenvalue weighted by Gasteiger charge is 2.36. The lowest BCUT2D eigenvalue weighted by Crippen LogP contribution is -2.44. The molecule has 0 amide bonds. The number of benzene rings is 4. The van der Waals surface area contributed by atoms with Crippen molar-refractivity contribution < 1.29 is 0 Å². The summed E-state index contributed by atoms with van der Waals surface area (Å²) >= 11 is 0. The Bertz CT molecular complexity index is 1680. The van der Waals surface area contributed by atoms with Gasteiger partial charge >= 0.3 is 0 Å². The van der Waals surface area contributed by atoms with Gasteiger partial charge in [-0.1, -0.05) is 244 Å². The molecule has 0 aromatic heterocycles. The molecular weight excluding hydrogens is 869 g/mol. The molecule has 0 saturated heterocycles. The molecule has 0 saturated carbocycles. The van der Waals surface area contributed by atoms with E-state index in [1.807, 2.05) is 0 Å². The van der Waals surface area contributed by atoms with E-state index < -0.39 is 40.4 Å². The molecule has 0 aliphatic carbocycles. The third kappa shape index (κ3) is 18.3. The van der Waals surface area contributed by atoms with E-state index >= 15 is 0 Å². The van der Waals surface area contributed by atoms with Gasteiger partial charge in [-0.2, -0.15) is 0 Å². The van der Waals surface area contributed by atoms with Gasteiger partial charge in [-0.15, -0.1) is 0 Å². The first kappa shape index (κ1) is 55.4. The summed E-state index contributed by atoms with van der Waals surface area (Å²) in [5, 5.41) is 6.58. The van der Waals surface area contributed by atoms with Gasteiger partial charge in [0.05, 0.1) is 40.4 Å². The fourth-order valence-electron chi connectivity index (χ4n) is 10.7. The molecule has 0 heterocycles. The van der Waals surface area contributed by atoms with Crippen LogP contribution in [0, 0.1) is 0 Å². The Hall–Kier alpha value is -2.20. The molecule has 4 aromatic rings. The minimum Gasteiger partial charge on any atom is -0.305 e. The standard InChI is InChI=1S/C56H96N4Si5/c1-57(2)45-49-21-29-53(30-22-49)61(9,10)37-17-41-65(42-18-38-62(11,12)54-31-23-50(24-32-54)46-58(3)4,43-19-39-63(13,14)55-33-25-51(26-34-55)47-59(5)6)44-20-40-64(15,16)56-35-27-52(28-36-56)48-60(7)8/h21-36H,17-20,37-48H2,1-16H3. The first-order chi connectivity index (χ1) is 30.4. The quantitative estimate of drug-likeness (QED) is 0.0526. The van der Waals surface area contributed by atoms with Gasteiger partial charge in [0.25, 0.3) is 0 Å². The first-order valence-electron chi connectivity index (χ1n) is 25.4. The van der Waals surface area contributed by atoms with Crippen molar-refractivity contribution in [3.05, 3.63) is 119 Å². The third-order valence-corrected chi connectivity index (χ3v) is 34.6. The van der Waals surface area contributed by atoms with Gasteiger partial charge in [0.1, 0.15) is 0 Å². The van der Waals surface area contributed by atoms with Crippen LogP contribution in [0.5, 0.6) is 0 Å². The maximum atomic E-state index is 2.66. The lowest BCUT2D eigenvalue weighted by atomic mass is 10.2. The van der Waals surface area contributed by atoms with Gasteiger partial charge in [-0.3, -0.25) is 0 Å². The van der Waals surface area contributed by atoms with Crippen LogP contribution in [-0.2, 0) is 26.2 Å². The fourth-order valence-corrected chi connectivity index (χ4v) is 26.9. The first-order valence-corrected chi connectivity index (χ1v) is 41.0. The second kappa shape index (κ2) is 24.9. The summed E-state index contributed by atoms with van der Waals surface area (Å²) in [5.41, 5.74) is 5.71. The summed E-state index contributed by atoms with van der Waals surface area (Å²) in [4.78, 5) is 9.13. The molecule has 4 nitrogen and oxygen atoms in total. The van der Waals surface area contributed by atoms with Crippen LogP contribution < -0.4 is 20.7 Å². The Morgan fingerprint density at radius 1 is 0.262 bits per heavy atom. The highest BCUT2D eigenvalue weighted by Crippen LogP contribution is 2.37. The minimum absolute atomic E-state index is 1.01. The predicted octanol–water partition coefficient (Wildman–Crippen LogP) is 11.7. The highest BCUT2D eigenvalue weighted by molar-refractivity contribution is 6.91. The van der Waals surface area contributed by atoms with Gasteiger partial charge in [0.15, 0.2) is 0 Å². The molecule has 4 aromatic carbocycles. The number of rotatable bonds is 28. The Morgan fingerprint density at radius 3 is 0.585 bits per heavy atom. The van der Waals surface area contributed by atoms with E-state index in [0.29, 0.717) is 0 Å².